The topological polar surface area (TPSA) is 61.8 Å². The second-order valence-electron chi connectivity index (χ2n) is 8.72. The van der Waals surface area contributed by atoms with Crippen molar-refractivity contribution >= 4 is 35.8 Å². The Morgan fingerprint density at radius 1 is 1.10 bits per heavy atom. The van der Waals surface area contributed by atoms with Crippen molar-refractivity contribution in [3.05, 3.63) is 59.8 Å². The molecule has 1 aliphatic rings. The first-order valence-corrected chi connectivity index (χ1v) is 10.7. The highest BCUT2D eigenvalue weighted by Crippen LogP contribution is 2.21. The van der Waals surface area contributed by atoms with Gasteiger partial charge in [-0.05, 0) is 31.0 Å². The van der Waals surface area contributed by atoms with Gasteiger partial charge < -0.3 is 20.3 Å². The second kappa shape index (κ2) is 11.7. The van der Waals surface area contributed by atoms with Crippen LogP contribution in [0.25, 0.3) is 0 Å². The molecule has 0 radical (unpaired) electrons. The first-order valence-electron chi connectivity index (χ1n) is 10.7. The van der Waals surface area contributed by atoms with Crippen LogP contribution in [0.5, 0.6) is 0 Å². The Labute approximate surface area is 203 Å². The van der Waals surface area contributed by atoms with Gasteiger partial charge in [-0.25, -0.2) is 4.98 Å². The molecule has 2 atom stereocenters. The number of anilines is 1. The van der Waals surface area contributed by atoms with Crippen molar-refractivity contribution in [3.8, 4) is 0 Å². The van der Waals surface area contributed by atoms with E-state index < -0.39 is 0 Å². The summed E-state index contributed by atoms with van der Waals surface area (Å²) in [6.07, 6.45) is 2.40. The zero-order valence-electron chi connectivity index (χ0n) is 19.3. The molecule has 2 N–H and O–H groups in total. The molecular formula is C24H36IN5O. The molecule has 0 aliphatic carbocycles. The molecule has 7 heteroatoms. The number of guanidine groups is 1. The van der Waals surface area contributed by atoms with Crippen molar-refractivity contribution < 1.29 is 4.74 Å². The fourth-order valence-electron chi connectivity index (χ4n) is 3.78. The van der Waals surface area contributed by atoms with Gasteiger partial charge in [-0.2, -0.15) is 0 Å². The van der Waals surface area contributed by atoms with E-state index in [2.05, 4.69) is 89.6 Å². The lowest BCUT2D eigenvalue weighted by atomic mass is 9.85. The van der Waals surface area contributed by atoms with Crippen LogP contribution in [-0.4, -0.2) is 49.8 Å². The number of morpholine rings is 1. The highest BCUT2D eigenvalue weighted by Gasteiger charge is 2.23. The molecule has 0 amide bonds. The summed E-state index contributed by atoms with van der Waals surface area (Å²) in [5.74, 6) is 1.80. The van der Waals surface area contributed by atoms with E-state index in [1.165, 1.54) is 5.56 Å². The summed E-state index contributed by atoms with van der Waals surface area (Å²) in [5, 5.41) is 6.84. The molecule has 170 valence electrons. The average molecular weight is 537 g/mol. The standard InChI is InChI=1S/C24H35N5O.HI/c1-18-15-29(16-19(2)30-18)22-12-11-20(13-26-22)14-27-23(25-5)28-17-24(3,4)21-9-7-6-8-10-21;/h6-13,18-19H,14-17H2,1-5H3,(H2,25,27,28);1H. The third kappa shape index (κ3) is 7.35. The second-order valence-corrected chi connectivity index (χ2v) is 8.72. The highest BCUT2D eigenvalue weighted by atomic mass is 127. The fourth-order valence-corrected chi connectivity index (χ4v) is 3.78. The van der Waals surface area contributed by atoms with Crippen molar-refractivity contribution in [2.75, 3.05) is 31.6 Å². The lowest BCUT2D eigenvalue weighted by Gasteiger charge is -2.36. The van der Waals surface area contributed by atoms with Crippen molar-refractivity contribution in [1.82, 2.24) is 15.6 Å². The molecular weight excluding hydrogens is 501 g/mol. The predicted octanol–water partition coefficient (Wildman–Crippen LogP) is 3.96. The zero-order valence-corrected chi connectivity index (χ0v) is 21.6. The van der Waals surface area contributed by atoms with Crippen molar-refractivity contribution in [1.29, 1.82) is 0 Å². The molecule has 2 unspecified atom stereocenters. The molecule has 2 heterocycles. The Morgan fingerprint density at radius 2 is 1.77 bits per heavy atom. The number of nitrogens with zero attached hydrogens (tertiary/aromatic N) is 3. The summed E-state index contributed by atoms with van der Waals surface area (Å²) in [7, 11) is 1.80. The van der Waals surface area contributed by atoms with Crippen LogP contribution in [0.3, 0.4) is 0 Å². The lowest BCUT2D eigenvalue weighted by molar-refractivity contribution is -0.00545. The van der Waals surface area contributed by atoms with Gasteiger partial charge in [0.2, 0.25) is 0 Å². The molecule has 0 bridgehead atoms. The van der Waals surface area contributed by atoms with Crippen LogP contribution in [0, 0.1) is 0 Å². The Hall–Kier alpha value is -1.87. The number of aliphatic imine (C=N–C) groups is 1. The van der Waals surface area contributed by atoms with E-state index in [0.717, 1.165) is 37.0 Å². The summed E-state index contributed by atoms with van der Waals surface area (Å²) in [4.78, 5) is 11.3. The minimum atomic E-state index is 0. The van der Waals surface area contributed by atoms with Crippen LogP contribution in [0.2, 0.25) is 0 Å². The monoisotopic (exact) mass is 537 g/mol. The number of halogens is 1. The molecule has 0 saturated carbocycles. The number of hydrogen-bond donors (Lipinski definition) is 2. The van der Waals surface area contributed by atoms with E-state index >= 15 is 0 Å². The molecule has 1 aromatic heterocycles. The smallest absolute Gasteiger partial charge is 0.191 e. The minimum Gasteiger partial charge on any atom is -0.372 e. The lowest BCUT2D eigenvalue weighted by Crippen LogP contribution is -2.45. The van der Waals surface area contributed by atoms with Gasteiger partial charge in [-0.3, -0.25) is 4.99 Å². The van der Waals surface area contributed by atoms with E-state index in [4.69, 9.17) is 4.74 Å². The van der Waals surface area contributed by atoms with Crippen LogP contribution in [-0.2, 0) is 16.7 Å². The van der Waals surface area contributed by atoms with Gasteiger partial charge in [-0.15, -0.1) is 24.0 Å². The molecule has 1 fully saturated rings. The van der Waals surface area contributed by atoms with Crippen LogP contribution in [0.1, 0.15) is 38.8 Å². The highest BCUT2D eigenvalue weighted by molar-refractivity contribution is 14.0. The Bertz CT molecular complexity index is 816. The van der Waals surface area contributed by atoms with Gasteiger partial charge in [0.05, 0.1) is 12.2 Å². The first-order chi connectivity index (χ1) is 14.4. The van der Waals surface area contributed by atoms with Crippen LogP contribution >= 0.6 is 24.0 Å². The van der Waals surface area contributed by atoms with Crippen molar-refractivity contribution in [2.45, 2.75) is 51.9 Å². The molecule has 3 rings (SSSR count). The molecule has 0 spiro atoms. The normalized spacial score (nSPS) is 19.5. The number of benzene rings is 1. The van der Waals surface area contributed by atoms with Crippen LogP contribution < -0.4 is 15.5 Å². The van der Waals surface area contributed by atoms with E-state index in [9.17, 15) is 0 Å². The summed E-state index contributed by atoms with van der Waals surface area (Å²) in [6.45, 7) is 11.9. The maximum Gasteiger partial charge on any atom is 0.191 e. The van der Waals surface area contributed by atoms with E-state index in [0.29, 0.717) is 6.54 Å². The van der Waals surface area contributed by atoms with E-state index in [1.807, 2.05) is 12.3 Å². The number of ether oxygens (including phenoxy) is 1. The van der Waals surface area contributed by atoms with Gasteiger partial charge in [0.25, 0.3) is 0 Å². The molecule has 2 aromatic rings. The molecule has 1 aliphatic heterocycles. The summed E-state index contributed by atoms with van der Waals surface area (Å²) in [5.41, 5.74) is 2.44. The Morgan fingerprint density at radius 3 is 2.35 bits per heavy atom. The Kier molecular flexibility index (Phi) is 9.55. The summed E-state index contributed by atoms with van der Waals surface area (Å²) < 4.78 is 5.81. The minimum absolute atomic E-state index is 0. The number of hydrogen-bond acceptors (Lipinski definition) is 4. The molecule has 31 heavy (non-hydrogen) atoms. The number of pyridine rings is 1. The zero-order chi connectivity index (χ0) is 21.6. The van der Waals surface area contributed by atoms with Gasteiger partial charge >= 0.3 is 0 Å². The SMILES string of the molecule is CN=C(NCc1ccc(N2CC(C)OC(C)C2)nc1)NCC(C)(C)c1ccccc1.I. The van der Waals surface area contributed by atoms with Crippen molar-refractivity contribution in [3.63, 3.8) is 0 Å². The van der Waals surface area contributed by atoms with Gasteiger partial charge in [0.15, 0.2) is 5.96 Å². The first kappa shape index (κ1) is 25.4. The van der Waals surface area contributed by atoms with Gasteiger partial charge in [0, 0.05) is 44.8 Å². The predicted molar refractivity (Wildman–Crippen MR) is 140 cm³/mol. The average Bonchev–Trinajstić information content (AvgIpc) is 2.74. The summed E-state index contributed by atoms with van der Waals surface area (Å²) >= 11 is 0. The van der Waals surface area contributed by atoms with E-state index in [-0.39, 0.29) is 41.6 Å². The van der Waals surface area contributed by atoms with Crippen molar-refractivity contribution in [2.24, 2.45) is 4.99 Å². The number of nitrogens with one attached hydrogen (secondary N) is 2. The molecule has 1 aromatic carbocycles. The summed E-state index contributed by atoms with van der Waals surface area (Å²) in [6, 6.07) is 14.8. The van der Waals surface area contributed by atoms with Crippen LogP contribution in [0.15, 0.2) is 53.7 Å². The fraction of sp³-hybridized carbons (Fsp3) is 0.500. The molecule has 1 saturated heterocycles. The quantitative estimate of drug-likeness (QED) is 0.332. The number of rotatable bonds is 6. The molecule has 6 nitrogen and oxygen atoms in total. The largest absolute Gasteiger partial charge is 0.372 e. The number of aromatic nitrogens is 1. The van der Waals surface area contributed by atoms with Gasteiger partial charge in [0.1, 0.15) is 5.82 Å². The van der Waals surface area contributed by atoms with Crippen LogP contribution in [0.4, 0.5) is 5.82 Å². The Balaban J connectivity index is 0.00000341. The van der Waals surface area contributed by atoms with E-state index in [1.54, 1.807) is 7.05 Å². The van der Waals surface area contributed by atoms with Gasteiger partial charge in [-0.1, -0.05) is 50.2 Å². The third-order valence-electron chi connectivity index (χ3n) is 5.49. The maximum absolute atomic E-state index is 5.81. The third-order valence-corrected chi connectivity index (χ3v) is 5.49. The maximum atomic E-state index is 5.81.